The van der Waals surface area contributed by atoms with Gasteiger partial charge in [0, 0.05) is 107 Å². The van der Waals surface area contributed by atoms with Crippen molar-refractivity contribution >= 4 is 28.4 Å². The minimum absolute atomic E-state index is 0. The molecule has 0 saturated carbocycles. The van der Waals surface area contributed by atoms with Crippen molar-refractivity contribution in [3.63, 3.8) is 0 Å². The average molecular weight is 593 g/mol. The first-order chi connectivity index (χ1) is 20.5. The van der Waals surface area contributed by atoms with E-state index in [0.29, 0.717) is 11.3 Å². The molecule has 0 aliphatic carbocycles. The lowest BCUT2D eigenvalue weighted by Crippen LogP contribution is -2.45. The van der Waals surface area contributed by atoms with E-state index >= 15 is 0 Å². The second-order valence-electron chi connectivity index (χ2n) is 11.2. The maximum Gasteiger partial charge on any atom is 0.152 e. The van der Waals surface area contributed by atoms with Gasteiger partial charge in [-0.3, -0.25) is 14.6 Å². The molecule has 2 aliphatic heterocycles. The van der Waals surface area contributed by atoms with E-state index < -0.39 is 0 Å². The molecule has 0 aromatic carbocycles. The molecule has 11 heteroatoms. The minimum Gasteiger partial charge on any atom is -0.495 e. The van der Waals surface area contributed by atoms with E-state index in [9.17, 15) is 4.79 Å². The van der Waals surface area contributed by atoms with Gasteiger partial charge >= 0.3 is 0 Å². The van der Waals surface area contributed by atoms with E-state index in [1.165, 1.54) is 13.1 Å². The number of carbonyl (C=O) groups is 1. The number of methoxy groups -OCH3 is 2. The van der Waals surface area contributed by atoms with Gasteiger partial charge in [-0.05, 0) is 32.3 Å². The smallest absolute Gasteiger partial charge is 0.152 e. The Labute approximate surface area is 255 Å². The van der Waals surface area contributed by atoms with Crippen LogP contribution in [0.2, 0.25) is 0 Å². The van der Waals surface area contributed by atoms with Crippen molar-refractivity contribution in [2.45, 2.75) is 20.5 Å². The molecule has 6 rings (SSSR count). The van der Waals surface area contributed by atoms with Crippen molar-refractivity contribution < 1.29 is 14.3 Å². The highest BCUT2D eigenvalue weighted by molar-refractivity contribution is 5.96. The van der Waals surface area contributed by atoms with Crippen LogP contribution in [0.3, 0.4) is 0 Å². The molecule has 0 spiro atoms. The third-order valence-electron chi connectivity index (χ3n) is 8.40. The van der Waals surface area contributed by atoms with Gasteiger partial charge < -0.3 is 28.4 Å². The van der Waals surface area contributed by atoms with E-state index in [-0.39, 0.29) is 7.43 Å². The number of pyridine rings is 2. The lowest BCUT2D eigenvalue weighted by Gasteiger charge is -2.32. The molecule has 0 unspecified atom stereocenters. The highest BCUT2D eigenvalue weighted by Gasteiger charge is 2.16. The number of aromatic nitrogens is 4. The summed E-state index contributed by atoms with van der Waals surface area (Å²) in [4.78, 5) is 29.9. The van der Waals surface area contributed by atoms with Crippen molar-refractivity contribution in [2.75, 3.05) is 93.8 Å². The summed E-state index contributed by atoms with van der Waals surface area (Å²) in [5.74, 6) is 1.49. The molecule has 11 nitrogen and oxygen atoms in total. The number of hydrogen-bond acceptors (Lipinski definition) is 9. The van der Waals surface area contributed by atoms with Gasteiger partial charge in [0.15, 0.2) is 6.29 Å². The highest BCUT2D eigenvalue weighted by atomic mass is 16.5. The Balaban J connectivity index is 0.000000193. The lowest BCUT2D eigenvalue weighted by atomic mass is 10.2. The summed E-state index contributed by atoms with van der Waals surface area (Å²) < 4.78 is 14.7. The number of ether oxygens (including phenoxy) is 2. The summed E-state index contributed by atoms with van der Waals surface area (Å²) in [5.41, 5.74) is 2.55. The summed E-state index contributed by atoms with van der Waals surface area (Å²) >= 11 is 0. The highest BCUT2D eigenvalue weighted by Crippen LogP contribution is 2.23. The Morgan fingerprint density at radius 3 is 1.84 bits per heavy atom. The molecule has 2 fully saturated rings. The van der Waals surface area contributed by atoms with Gasteiger partial charge in [-0.2, -0.15) is 0 Å². The third-order valence-corrected chi connectivity index (χ3v) is 8.40. The van der Waals surface area contributed by atoms with Gasteiger partial charge in [-0.15, -0.1) is 0 Å². The molecule has 234 valence electrons. The minimum atomic E-state index is 0. The molecule has 0 atom stereocenters. The molecule has 43 heavy (non-hydrogen) atoms. The fraction of sp³-hybridized carbons (Fsp3) is 0.531. The number of fused-ring (bicyclic) bond motifs is 2. The summed E-state index contributed by atoms with van der Waals surface area (Å²) in [7, 11) is 7.62. The van der Waals surface area contributed by atoms with Gasteiger partial charge in [0.1, 0.15) is 22.8 Å². The first-order valence-electron chi connectivity index (χ1n) is 14.8. The van der Waals surface area contributed by atoms with E-state index in [0.717, 1.165) is 99.6 Å². The molecular formula is C32H48N8O3. The van der Waals surface area contributed by atoms with Crippen LogP contribution in [0.15, 0.2) is 43.0 Å². The van der Waals surface area contributed by atoms with Crippen molar-refractivity contribution in [1.29, 1.82) is 0 Å². The van der Waals surface area contributed by atoms with Crippen LogP contribution in [-0.2, 0) is 13.1 Å². The van der Waals surface area contributed by atoms with Gasteiger partial charge in [-0.25, -0.2) is 9.97 Å². The predicted octanol–water partition coefficient (Wildman–Crippen LogP) is 3.03. The van der Waals surface area contributed by atoms with E-state index in [2.05, 4.69) is 65.1 Å². The first kappa shape index (κ1) is 32.4. The van der Waals surface area contributed by atoms with Crippen LogP contribution in [-0.4, -0.2) is 139 Å². The van der Waals surface area contributed by atoms with Crippen molar-refractivity contribution in [1.82, 2.24) is 38.7 Å². The molecule has 4 aromatic heterocycles. The van der Waals surface area contributed by atoms with Crippen LogP contribution in [0, 0.1) is 0 Å². The second kappa shape index (κ2) is 15.3. The Morgan fingerprint density at radius 1 is 0.744 bits per heavy atom. The van der Waals surface area contributed by atoms with Crippen LogP contribution < -0.4 is 9.47 Å². The zero-order valence-corrected chi connectivity index (χ0v) is 25.4. The fourth-order valence-electron chi connectivity index (χ4n) is 5.55. The number of nitrogens with zero attached hydrogens (tertiary/aromatic N) is 8. The number of piperazine rings is 2. The van der Waals surface area contributed by atoms with Gasteiger partial charge in [0.25, 0.3) is 0 Å². The molecule has 0 N–H and O–H groups in total. The second-order valence-corrected chi connectivity index (χ2v) is 11.2. The topological polar surface area (TPSA) is 84.1 Å². The maximum absolute atomic E-state index is 11.3. The number of aldehydes is 1. The summed E-state index contributed by atoms with van der Waals surface area (Å²) in [6, 6.07) is 6.02. The quantitative estimate of drug-likeness (QED) is 0.272. The Kier molecular flexibility index (Phi) is 11.5. The zero-order chi connectivity index (χ0) is 29.5. The molecule has 0 amide bonds. The first-order valence-corrected chi connectivity index (χ1v) is 14.8. The Hall–Kier alpha value is -3.51. The monoisotopic (exact) mass is 592 g/mol. The van der Waals surface area contributed by atoms with Gasteiger partial charge in [-0.1, -0.05) is 7.43 Å². The van der Waals surface area contributed by atoms with Crippen LogP contribution in [0.1, 0.15) is 17.8 Å². The Bertz CT molecular complexity index is 1450. The van der Waals surface area contributed by atoms with E-state index in [4.69, 9.17) is 9.47 Å². The van der Waals surface area contributed by atoms with Gasteiger partial charge in [0.2, 0.25) is 0 Å². The molecule has 0 bridgehead atoms. The predicted molar refractivity (Wildman–Crippen MR) is 173 cm³/mol. The van der Waals surface area contributed by atoms with Crippen molar-refractivity contribution in [2.24, 2.45) is 0 Å². The molecule has 4 aromatic rings. The third kappa shape index (κ3) is 8.11. The van der Waals surface area contributed by atoms with Crippen LogP contribution in [0.5, 0.6) is 11.5 Å². The summed E-state index contributed by atoms with van der Waals surface area (Å²) in [6.45, 7) is 13.0. The Morgan fingerprint density at radius 2 is 1.28 bits per heavy atom. The number of rotatable bonds is 9. The van der Waals surface area contributed by atoms with Crippen LogP contribution in [0.25, 0.3) is 22.1 Å². The largest absolute Gasteiger partial charge is 0.495 e. The maximum atomic E-state index is 11.3. The zero-order valence-electron chi connectivity index (χ0n) is 25.4. The van der Waals surface area contributed by atoms with Crippen molar-refractivity contribution in [3.8, 4) is 11.5 Å². The fourth-order valence-corrected chi connectivity index (χ4v) is 5.55. The molecular weight excluding hydrogens is 544 g/mol. The summed E-state index contributed by atoms with van der Waals surface area (Å²) in [6.07, 6.45) is 8.38. The number of hydrogen-bond donors (Lipinski definition) is 0. The SMILES string of the molecule is C.COc1cnc2c(c1)c(C=O)cn2CCN1CCN(C)CC1.COc1cnc2c(ccn2CCN2CCN(C)CC2)c1. The molecule has 2 saturated heterocycles. The number of carbonyl (C=O) groups excluding carboxylic acids is 1. The van der Waals surface area contributed by atoms with Crippen molar-refractivity contribution in [3.05, 3.63) is 48.5 Å². The van der Waals surface area contributed by atoms with E-state index in [1.54, 1.807) is 26.6 Å². The number of likely N-dealkylation sites (N-methyl/N-ethyl adjacent to an activating group) is 2. The molecule has 6 heterocycles. The summed E-state index contributed by atoms with van der Waals surface area (Å²) in [5, 5.41) is 2.00. The van der Waals surface area contributed by atoms with Gasteiger partial charge in [0.05, 0.1) is 26.6 Å². The van der Waals surface area contributed by atoms with Crippen LogP contribution in [0.4, 0.5) is 0 Å². The average Bonchev–Trinajstić information content (AvgIpc) is 3.60. The molecule has 0 radical (unpaired) electrons. The van der Waals surface area contributed by atoms with Crippen LogP contribution >= 0.6 is 0 Å². The standard InChI is InChI=1S/C16H22N4O2.C15H22N4O.CH4/c1-18-3-5-19(6-4-18)7-8-20-11-13(12-21)15-9-14(22-2)10-17-16(15)20;1-17-5-7-18(8-6-17)9-10-19-4-3-13-11-14(20-2)12-16-15(13)19;/h9-12H,3-8H2,1-2H3;3-4,11-12H,5-10H2,1-2H3;1H4. The van der Waals surface area contributed by atoms with E-state index in [1.807, 2.05) is 18.3 Å². The lowest BCUT2D eigenvalue weighted by molar-refractivity contribution is 0.112. The molecule has 2 aliphatic rings. The normalized spacial score (nSPS) is 16.9.